The number of aliphatic carboxylic acids is 1. The number of amides is 2. The number of hydrogen-bond donors (Lipinski definition) is 4. The number of halogens is 2. The Balaban J connectivity index is 1.31. The van der Waals surface area contributed by atoms with E-state index in [1.165, 1.54) is 12.1 Å². The van der Waals surface area contributed by atoms with E-state index in [2.05, 4.69) is 20.9 Å². The van der Waals surface area contributed by atoms with Gasteiger partial charge >= 0.3 is 5.97 Å². The number of rotatable bonds is 9. The Kier molecular flexibility index (Phi) is 8.63. The number of aromatic nitrogens is 1. The summed E-state index contributed by atoms with van der Waals surface area (Å²) < 4.78 is 0. The first-order chi connectivity index (χ1) is 17.8. The van der Waals surface area contributed by atoms with Crippen molar-refractivity contribution in [2.75, 3.05) is 10.6 Å². The van der Waals surface area contributed by atoms with Gasteiger partial charge in [-0.2, -0.15) is 0 Å². The summed E-state index contributed by atoms with van der Waals surface area (Å²) in [5, 5.41) is 18.7. The van der Waals surface area contributed by atoms with E-state index in [1.54, 1.807) is 36.5 Å². The molecule has 1 heterocycles. The highest BCUT2D eigenvalue weighted by Crippen LogP contribution is 2.29. The molecule has 4 rings (SSSR count). The molecule has 4 N–H and O–H groups in total. The summed E-state index contributed by atoms with van der Waals surface area (Å²) >= 11 is 12.1. The molecule has 3 aromatic rings. The van der Waals surface area contributed by atoms with Gasteiger partial charge < -0.3 is 21.1 Å². The summed E-state index contributed by atoms with van der Waals surface area (Å²) in [5.74, 6) is -1.22. The third kappa shape index (κ3) is 6.99. The van der Waals surface area contributed by atoms with Crippen LogP contribution in [0.3, 0.4) is 0 Å². The van der Waals surface area contributed by atoms with E-state index in [0.29, 0.717) is 11.3 Å². The fourth-order valence-electron chi connectivity index (χ4n) is 4.36. The maximum atomic E-state index is 12.8. The Bertz CT molecular complexity index is 1250. The van der Waals surface area contributed by atoms with Gasteiger partial charge in [-0.05, 0) is 61.2 Å². The van der Waals surface area contributed by atoms with E-state index in [0.717, 1.165) is 25.1 Å². The van der Waals surface area contributed by atoms with Gasteiger partial charge in [-0.15, -0.1) is 0 Å². The van der Waals surface area contributed by atoms with Crippen LogP contribution in [0.15, 0.2) is 66.9 Å². The lowest BCUT2D eigenvalue weighted by Gasteiger charge is -2.16. The molecule has 1 fully saturated rings. The number of carboxylic acid groups (broad SMARTS) is 1. The lowest BCUT2D eigenvalue weighted by Crippen LogP contribution is -2.42. The second kappa shape index (κ2) is 12.1. The van der Waals surface area contributed by atoms with Gasteiger partial charge in [0.05, 0.1) is 15.6 Å². The van der Waals surface area contributed by atoms with E-state index in [1.807, 2.05) is 18.2 Å². The average molecular weight is 541 g/mol. The minimum atomic E-state index is -1.19. The number of hydrogen-bond acceptors (Lipinski definition) is 5. The highest BCUT2D eigenvalue weighted by molar-refractivity contribution is 6.39. The quantitative estimate of drug-likeness (QED) is 0.302. The van der Waals surface area contributed by atoms with Crippen LogP contribution >= 0.6 is 23.2 Å². The minimum absolute atomic E-state index is 0.0273. The average Bonchev–Trinajstić information content (AvgIpc) is 3.34. The highest BCUT2D eigenvalue weighted by atomic mass is 35.5. The van der Waals surface area contributed by atoms with Crippen molar-refractivity contribution in [1.29, 1.82) is 0 Å². The monoisotopic (exact) mass is 540 g/mol. The van der Waals surface area contributed by atoms with Crippen LogP contribution in [0, 0.1) is 5.92 Å². The largest absolute Gasteiger partial charge is 0.480 e. The first-order valence-electron chi connectivity index (χ1n) is 11.8. The molecule has 3 atom stereocenters. The van der Waals surface area contributed by atoms with Gasteiger partial charge in [0.15, 0.2) is 0 Å². The SMILES string of the molecule is O=C(N[C@@H](Cc1ccc(NC(=O)[C@@H]2CC[C@H](Nc3ccccn3)C2)cc1)C(=O)O)c1c(Cl)cccc1Cl. The zero-order valence-corrected chi connectivity index (χ0v) is 21.3. The number of pyridine rings is 1. The van der Waals surface area contributed by atoms with Crippen LogP contribution in [0.5, 0.6) is 0 Å². The predicted molar refractivity (Wildman–Crippen MR) is 143 cm³/mol. The van der Waals surface area contributed by atoms with Crippen LogP contribution in [0.25, 0.3) is 0 Å². The lowest BCUT2D eigenvalue weighted by atomic mass is 10.0. The van der Waals surface area contributed by atoms with Gasteiger partial charge in [-0.3, -0.25) is 9.59 Å². The summed E-state index contributed by atoms with van der Waals surface area (Å²) in [6, 6.07) is 16.2. The molecule has 8 nitrogen and oxygen atoms in total. The van der Waals surface area contributed by atoms with Crippen LogP contribution in [0.4, 0.5) is 11.5 Å². The van der Waals surface area contributed by atoms with Crippen LogP contribution in [0.1, 0.15) is 35.2 Å². The Morgan fingerprint density at radius 3 is 2.35 bits per heavy atom. The van der Waals surface area contributed by atoms with E-state index in [-0.39, 0.29) is 39.9 Å². The molecule has 37 heavy (non-hydrogen) atoms. The molecule has 1 saturated carbocycles. The molecule has 2 aromatic carbocycles. The zero-order chi connectivity index (χ0) is 26.4. The standard InChI is InChI=1S/C27H26Cl2N4O4/c28-20-4-3-5-21(29)24(20)26(35)33-22(27(36)37)14-16-7-10-18(11-8-16)32-25(34)17-9-12-19(15-17)31-23-6-1-2-13-30-23/h1-8,10-11,13,17,19,22H,9,12,14-15H2,(H,30,31)(H,32,34)(H,33,35)(H,36,37)/t17-,19+,22+/m1/s1. The van der Waals surface area contributed by atoms with Crippen molar-refractivity contribution in [3.8, 4) is 0 Å². The molecule has 0 aliphatic heterocycles. The van der Waals surface area contributed by atoms with Gasteiger partial charge in [0.1, 0.15) is 11.9 Å². The van der Waals surface area contributed by atoms with Crippen LogP contribution in [-0.4, -0.2) is 40.0 Å². The molecule has 0 saturated heterocycles. The predicted octanol–water partition coefficient (Wildman–Crippen LogP) is 5.03. The number of nitrogens with zero attached hydrogens (tertiary/aromatic N) is 1. The fraction of sp³-hybridized carbons (Fsp3) is 0.259. The minimum Gasteiger partial charge on any atom is -0.480 e. The Morgan fingerprint density at radius 2 is 1.70 bits per heavy atom. The molecular formula is C27H26Cl2N4O4. The topological polar surface area (TPSA) is 120 Å². The van der Waals surface area contributed by atoms with Crippen LogP contribution < -0.4 is 16.0 Å². The van der Waals surface area contributed by atoms with E-state index in [4.69, 9.17) is 23.2 Å². The molecule has 10 heteroatoms. The van der Waals surface area contributed by atoms with Gasteiger partial charge in [0.25, 0.3) is 5.91 Å². The van der Waals surface area contributed by atoms with Gasteiger partial charge in [0.2, 0.25) is 5.91 Å². The second-order valence-electron chi connectivity index (χ2n) is 8.92. The summed E-state index contributed by atoms with van der Waals surface area (Å²) in [7, 11) is 0. The van der Waals surface area contributed by atoms with Gasteiger partial charge in [-0.1, -0.05) is 47.5 Å². The molecule has 1 aliphatic rings. The molecule has 1 aromatic heterocycles. The number of carbonyl (C=O) groups excluding carboxylic acids is 2. The number of carbonyl (C=O) groups is 3. The van der Waals surface area contributed by atoms with Crippen LogP contribution in [-0.2, 0) is 16.0 Å². The lowest BCUT2D eigenvalue weighted by molar-refractivity contribution is -0.139. The summed E-state index contributed by atoms with van der Waals surface area (Å²) in [5.41, 5.74) is 1.32. The second-order valence-corrected chi connectivity index (χ2v) is 9.73. The molecule has 192 valence electrons. The van der Waals surface area contributed by atoms with Crippen molar-refractivity contribution >= 4 is 52.5 Å². The molecule has 0 unspecified atom stereocenters. The van der Waals surface area contributed by atoms with Crippen molar-refractivity contribution in [3.05, 3.63) is 88.0 Å². The van der Waals surface area contributed by atoms with Gasteiger partial charge in [0, 0.05) is 30.3 Å². The Hall–Kier alpha value is -3.62. The Labute approximate surface area is 224 Å². The molecule has 1 aliphatic carbocycles. The van der Waals surface area contributed by atoms with Crippen LogP contribution in [0.2, 0.25) is 10.0 Å². The van der Waals surface area contributed by atoms with E-state index >= 15 is 0 Å². The molecular weight excluding hydrogens is 515 g/mol. The molecule has 0 spiro atoms. The van der Waals surface area contributed by atoms with Crippen molar-refractivity contribution in [1.82, 2.24) is 10.3 Å². The molecule has 0 radical (unpaired) electrons. The number of anilines is 2. The summed E-state index contributed by atoms with van der Waals surface area (Å²) in [6.07, 6.45) is 4.15. The number of benzene rings is 2. The maximum absolute atomic E-state index is 12.8. The highest BCUT2D eigenvalue weighted by Gasteiger charge is 2.30. The van der Waals surface area contributed by atoms with Crippen molar-refractivity contribution < 1.29 is 19.5 Å². The smallest absolute Gasteiger partial charge is 0.326 e. The van der Waals surface area contributed by atoms with E-state index in [9.17, 15) is 19.5 Å². The normalized spacial score (nSPS) is 17.6. The first-order valence-corrected chi connectivity index (χ1v) is 12.6. The Morgan fingerprint density at radius 1 is 0.973 bits per heavy atom. The summed E-state index contributed by atoms with van der Waals surface area (Å²) in [6.45, 7) is 0. The zero-order valence-electron chi connectivity index (χ0n) is 19.8. The third-order valence-electron chi connectivity index (χ3n) is 6.27. The maximum Gasteiger partial charge on any atom is 0.326 e. The van der Waals surface area contributed by atoms with Crippen molar-refractivity contribution in [2.24, 2.45) is 5.92 Å². The van der Waals surface area contributed by atoms with E-state index < -0.39 is 17.9 Å². The third-order valence-corrected chi connectivity index (χ3v) is 6.90. The number of nitrogens with one attached hydrogen (secondary N) is 3. The molecule has 2 amide bonds. The fourth-order valence-corrected chi connectivity index (χ4v) is 4.93. The molecule has 0 bridgehead atoms. The van der Waals surface area contributed by atoms with Crippen molar-refractivity contribution in [3.63, 3.8) is 0 Å². The van der Waals surface area contributed by atoms with Gasteiger partial charge in [-0.25, -0.2) is 9.78 Å². The van der Waals surface area contributed by atoms with Crippen molar-refractivity contribution in [2.45, 2.75) is 37.8 Å². The number of carboxylic acids is 1. The summed E-state index contributed by atoms with van der Waals surface area (Å²) in [4.78, 5) is 41.5. The first kappa shape index (κ1) is 26.4.